The fourth-order valence-corrected chi connectivity index (χ4v) is 3.34. The van der Waals surface area contributed by atoms with E-state index in [4.69, 9.17) is 0 Å². The molecule has 0 saturated carbocycles. The van der Waals surface area contributed by atoms with Crippen LogP contribution in [0.25, 0.3) is 0 Å². The first-order valence-corrected chi connectivity index (χ1v) is 7.07. The summed E-state index contributed by atoms with van der Waals surface area (Å²) < 4.78 is 13.1. The van der Waals surface area contributed by atoms with Gasteiger partial charge in [-0.25, -0.2) is 4.39 Å². The number of halogens is 1. The molecule has 0 aliphatic carbocycles. The molecule has 2 nitrogen and oxygen atoms in total. The molecule has 1 aliphatic heterocycles. The molecule has 98 valence electrons. The van der Waals surface area contributed by atoms with Gasteiger partial charge in [0.05, 0.1) is 0 Å². The van der Waals surface area contributed by atoms with Gasteiger partial charge < -0.3 is 4.90 Å². The Morgan fingerprint density at radius 3 is 2.78 bits per heavy atom. The van der Waals surface area contributed by atoms with E-state index in [-0.39, 0.29) is 16.5 Å². The molecule has 0 bridgehead atoms. The van der Waals surface area contributed by atoms with E-state index in [2.05, 4.69) is 13.8 Å². The number of thioether (sulfide) groups is 1. The van der Waals surface area contributed by atoms with Crippen LogP contribution in [0.1, 0.15) is 29.8 Å². The van der Waals surface area contributed by atoms with Crippen LogP contribution in [-0.4, -0.2) is 34.4 Å². The SMILES string of the molecule is Cc1cc(F)ccc1C(=O)N1CCSC(C)(C)C1. The maximum Gasteiger partial charge on any atom is 0.254 e. The first-order chi connectivity index (χ1) is 8.39. The normalized spacial score (nSPS) is 18.8. The maximum atomic E-state index is 13.0. The second kappa shape index (κ2) is 4.92. The van der Waals surface area contributed by atoms with Crippen molar-refractivity contribution in [3.05, 3.63) is 35.1 Å². The molecular weight excluding hydrogens is 249 g/mol. The van der Waals surface area contributed by atoms with Crippen LogP contribution in [0.4, 0.5) is 4.39 Å². The fraction of sp³-hybridized carbons (Fsp3) is 0.500. The largest absolute Gasteiger partial charge is 0.336 e. The molecule has 0 atom stereocenters. The Labute approximate surface area is 112 Å². The van der Waals surface area contributed by atoms with Crippen LogP contribution in [0.15, 0.2) is 18.2 Å². The highest BCUT2D eigenvalue weighted by atomic mass is 32.2. The number of nitrogens with zero attached hydrogens (tertiary/aromatic N) is 1. The molecule has 4 heteroatoms. The Morgan fingerprint density at radius 1 is 1.44 bits per heavy atom. The van der Waals surface area contributed by atoms with E-state index in [1.165, 1.54) is 12.1 Å². The lowest BCUT2D eigenvalue weighted by Gasteiger charge is -2.37. The van der Waals surface area contributed by atoms with Gasteiger partial charge in [0.1, 0.15) is 5.82 Å². The molecule has 1 aliphatic rings. The highest BCUT2D eigenvalue weighted by molar-refractivity contribution is 8.00. The van der Waals surface area contributed by atoms with Gasteiger partial charge in [-0.15, -0.1) is 0 Å². The first-order valence-electron chi connectivity index (χ1n) is 6.08. The van der Waals surface area contributed by atoms with Crippen LogP contribution in [0.3, 0.4) is 0 Å². The molecule has 0 aromatic heterocycles. The summed E-state index contributed by atoms with van der Waals surface area (Å²) in [5, 5.41) is 0. The van der Waals surface area contributed by atoms with Crippen molar-refractivity contribution in [1.29, 1.82) is 0 Å². The van der Waals surface area contributed by atoms with Crippen LogP contribution in [0, 0.1) is 12.7 Å². The summed E-state index contributed by atoms with van der Waals surface area (Å²) in [4.78, 5) is 14.3. The molecule has 0 N–H and O–H groups in total. The lowest BCUT2D eigenvalue weighted by atomic mass is 10.1. The van der Waals surface area contributed by atoms with Crippen molar-refractivity contribution in [3.8, 4) is 0 Å². The molecule has 1 saturated heterocycles. The monoisotopic (exact) mass is 267 g/mol. The molecule has 2 rings (SSSR count). The van der Waals surface area contributed by atoms with E-state index >= 15 is 0 Å². The summed E-state index contributed by atoms with van der Waals surface area (Å²) in [5.41, 5.74) is 1.31. The third-order valence-corrected chi connectivity index (χ3v) is 4.43. The van der Waals surface area contributed by atoms with Crippen LogP contribution < -0.4 is 0 Å². The fourth-order valence-electron chi connectivity index (χ4n) is 2.23. The number of carbonyl (C=O) groups is 1. The summed E-state index contributed by atoms with van der Waals surface area (Å²) >= 11 is 1.89. The first kappa shape index (κ1) is 13.4. The maximum absolute atomic E-state index is 13.0. The minimum absolute atomic E-state index is 0.0147. The summed E-state index contributed by atoms with van der Waals surface area (Å²) in [6.45, 7) is 7.58. The van der Waals surface area contributed by atoms with Gasteiger partial charge in [-0.05, 0) is 44.5 Å². The van der Waals surface area contributed by atoms with E-state index in [0.717, 1.165) is 18.8 Å². The van der Waals surface area contributed by atoms with Crippen molar-refractivity contribution in [3.63, 3.8) is 0 Å². The number of rotatable bonds is 1. The molecule has 1 aromatic carbocycles. The third kappa shape index (κ3) is 2.86. The van der Waals surface area contributed by atoms with E-state index in [1.807, 2.05) is 16.7 Å². The third-order valence-electron chi connectivity index (χ3n) is 3.13. The van der Waals surface area contributed by atoms with E-state index in [9.17, 15) is 9.18 Å². The van der Waals surface area contributed by atoms with Gasteiger partial charge in [-0.1, -0.05) is 0 Å². The van der Waals surface area contributed by atoms with Gasteiger partial charge in [0.15, 0.2) is 0 Å². The van der Waals surface area contributed by atoms with Crippen LogP contribution in [0.5, 0.6) is 0 Å². The zero-order chi connectivity index (χ0) is 13.3. The zero-order valence-electron chi connectivity index (χ0n) is 11.0. The predicted molar refractivity (Wildman–Crippen MR) is 73.6 cm³/mol. The second-order valence-corrected chi connectivity index (χ2v) is 7.10. The highest BCUT2D eigenvalue weighted by Gasteiger charge is 2.30. The van der Waals surface area contributed by atoms with Gasteiger partial charge in [0.25, 0.3) is 5.91 Å². The van der Waals surface area contributed by atoms with Crippen LogP contribution in [-0.2, 0) is 0 Å². The second-order valence-electron chi connectivity index (χ2n) is 5.29. The Bertz CT molecular complexity index is 473. The van der Waals surface area contributed by atoms with Crippen molar-refractivity contribution in [2.45, 2.75) is 25.5 Å². The predicted octanol–water partition coefficient (Wildman–Crippen LogP) is 3.10. The van der Waals surface area contributed by atoms with Crippen molar-refractivity contribution in [2.75, 3.05) is 18.8 Å². The number of carbonyl (C=O) groups excluding carboxylic acids is 1. The van der Waals surface area contributed by atoms with Crippen LogP contribution >= 0.6 is 11.8 Å². The minimum Gasteiger partial charge on any atom is -0.336 e. The molecule has 0 radical (unpaired) electrons. The van der Waals surface area contributed by atoms with Gasteiger partial charge in [0.2, 0.25) is 0 Å². The van der Waals surface area contributed by atoms with Gasteiger partial charge in [-0.3, -0.25) is 4.79 Å². The molecule has 1 aromatic rings. The average molecular weight is 267 g/mol. The molecule has 0 unspecified atom stereocenters. The number of hydrogen-bond donors (Lipinski definition) is 0. The van der Waals surface area contributed by atoms with Crippen LogP contribution in [0.2, 0.25) is 0 Å². The van der Waals surface area contributed by atoms with Gasteiger partial charge >= 0.3 is 0 Å². The summed E-state index contributed by atoms with van der Waals surface area (Å²) in [6, 6.07) is 4.35. The number of hydrogen-bond acceptors (Lipinski definition) is 2. The molecular formula is C14H18FNOS. The Hall–Kier alpha value is -1.03. The van der Waals surface area contributed by atoms with Crippen molar-refractivity contribution < 1.29 is 9.18 Å². The molecule has 1 amide bonds. The Balaban J connectivity index is 2.20. The number of benzene rings is 1. The quantitative estimate of drug-likeness (QED) is 0.779. The lowest BCUT2D eigenvalue weighted by Crippen LogP contribution is -2.46. The number of aryl methyl sites for hydroxylation is 1. The zero-order valence-corrected chi connectivity index (χ0v) is 11.8. The molecule has 0 spiro atoms. The summed E-state index contributed by atoms with van der Waals surface area (Å²) in [7, 11) is 0. The molecule has 1 fully saturated rings. The molecule has 1 heterocycles. The standard InChI is InChI=1S/C14H18FNOS/c1-10-8-11(15)4-5-12(10)13(17)16-6-7-18-14(2,3)9-16/h4-5,8H,6-7,9H2,1-3H3. The minimum atomic E-state index is -0.293. The van der Waals surface area contributed by atoms with Crippen molar-refractivity contribution in [2.24, 2.45) is 0 Å². The average Bonchev–Trinajstić information content (AvgIpc) is 2.27. The Kier molecular flexibility index (Phi) is 3.66. The topological polar surface area (TPSA) is 20.3 Å². The van der Waals surface area contributed by atoms with Gasteiger partial charge in [-0.2, -0.15) is 11.8 Å². The van der Waals surface area contributed by atoms with E-state index < -0.39 is 0 Å². The Morgan fingerprint density at radius 2 is 2.17 bits per heavy atom. The van der Waals surface area contributed by atoms with Crippen molar-refractivity contribution >= 4 is 17.7 Å². The highest BCUT2D eigenvalue weighted by Crippen LogP contribution is 2.30. The smallest absolute Gasteiger partial charge is 0.254 e. The van der Waals surface area contributed by atoms with E-state index in [0.29, 0.717) is 11.1 Å². The summed E-state index contributed by atoms with van der Waals surface area (Å²) in [6.07, 6.45) is 0. The molecule has 18 heavy (non-hydrogen) atoms. The van der Waals surface area contributed by atoms with Crippen molar-refractivity contribution in [1.82, 2.24) is 4.90 Å². The lowest BCUT2D eigenvalue weighted by molar-refractivity contribution is 0.0747. The number of amides is 1. The summed E-state index contributed by atoms with van der Waals surface area (Å²) in [5.74, 6) is 0.679. The van der Waals surface area contributed by atoms with Gasteiger partial charge in [0, 0.05) is 29.2 Å². The van der Waals surface area contributed by atoms with E-state index in [1.54, 1.807) is 13.0 Å².